The fourth-order valence-corrected chi connectivity index (χ4v) is 11.7. The maximum Gasteiger partial charge on any atom is 3.00 e. The standard InChI is InChI=1S/C22H25.C10H12SSi.2ClH.Zr/c1-4-5-7-17-10-12-18(13-11-17)21-9-6-8-19-14-20(16(2)3)15-22(19)21;1-6-9-7-4-11-5-8(7)10(6)12(9,2)3;;;/h6,8-16H,4-5,7H2,1-3H3;4-5,9H,1-3H3;2*1H;/q-1;;;;+3/p-2. The molecule has 5 heteroatoms. The van der Waals surface area contributed by atoms with Gasteiger partial charge in [0, 0.05) is 5.54 Å². The van der Waals surface area contributed by atoms with Gasteiger partial charge in [-0.3, -0.25) is 0 Å². The van der Waals surface area contributed by atoms with Gasteiger partial charge >= 0.3 is 26.2 Å². The van der Waals surface area contributed by atoms with E-state index in [1.165, 1.54) is 52.3 Å². The van der Waals surface area contributed by atoms with E-state index in [-0.39, 0.29) is 51.0 Å². The molecule has 0 N–H and O–H groups in total. The van der Waals surface area contributed by atoms with E-state index in [0.29, 0.717) is 5.92 Å². The van der Waals surface area contributed by atoms with E-state index in [0.717, 1.165) is 5.54 Å². The van der Waals surface area contributed by atoms with Gasteiger partial charge in [0.05, 0.1) is 8.07 Å². The number of aryl methyl sites for hydroxylation is 1. The van der Waals surface area contributed by atoms with Crippen LogP contribution in [0.2, 0.25) is 13.1 Å². The number of allylic oxidation sites excluding steroid dienone is 1. The molecule has 0 nitrogen and oxygen atoms in total. The van der Waals surface area contributed by atoms with Crippen LogP contribution in [-0.2, 0) is 32.6 Å². The maximum absolute atomic E-state index is 2.50. The summed E-state index contributed by atoms with van der Waals surface area (Å²) in [7, 11) is -0.976. The Balaban J connectivity index is 0.000000274. The minimum absolute atomic E-state index is 0. The van der Waals surface area contributed by atoms with Crippen molar-refractivity contribution in [1.82, 2.24) is 0 Å². The van der Waals surface area contributed by atoms with Crippen molar-refractivity contribution in [3.05, 3.63) is 93.2 Å². The van der Waals surface area contributed by atoms with Crippen molar-refractivity contribution in [2.24, 2.45) is 0 Å². The number of fused-ring (bicyclic) bond motifs is 1. The molecular formula is C32H37Cl2SSiZr. The summed E-state index contributed by atoms with van der Waals surface area (Å²) in [4.78, 5) is 0. The van der Waals surface area contributed by atoms with E-state index in [2.05, 4.69) is 106 Å². The molecule has 0 amide bonds. The van der Waals surface area contributed by atoms with Crippen LogP contribution >= 0.6 is 11.3 Å². The maximum atomic E-state index is 2.50. The summed E-state index contributed by atoms with van der Waals surface area (Å²) in [5, 5.41) is 9.21. The van der Waals surface area contributed by atoms with Crippen molar-refractivity contribution in [3.63, 3.8) is 0 Å². The molecule has 193 valence electrons. The minimum Gasteiger partial charge on any atom is -1.00 e. The smallest absolute Gasteiger partial charge is 1.00 e. The number of hydrogen-bond donors (Lipinski definition) is 0. The van der Waals surface area contributed by atoms with Gasteiger partial charge < -0.3 is 24.8 Å². The van der Waals surface area contributed by atoms with Crippen molar-refractivity contribution in [3.8, 4) is 11.1 Å². The fraction of sp³-hybridized carbons (Fsp3) is 0.344. The van der Waals surface area contributed by atoms with Gasteiger partial charge in [0.1, 0.15) is 0 Å². The Hall–Kier alpha value is -0.830. The van der Waals surface area contributed by atoms with Gasteiger partial charge in [0.15, 0.2) is 0 Å². The minimum atomic E-state index is -0.976. The molecule has 0 fully saturated rings. The molecule has 0 saturated carbocycles. The van der Waals surface area contributed by atoms with E-state index < -0.39 is 8.07 Å². The second-order valence-corrected chi connectivity index (χ2v) is 16.3. The van der Waals surface area contributed by atoms with Crippen LogP contribution in [0.15, 0.2) is 70.9 Å². The van der Waals surface area contributed by atoms with Crippen LogP contribution in [0.3, 0.4) is 0 Å². The third kappa shape index (κ3) is 5.87. The van der Waals surface area contributed by atoms with Crippen LogP contribution in [0.5, 0.6) is 0 Å². The molecule has 1 unspecified atom stereocenters. The molecule has 1 aliphatic carbocycles. The van der Waals surface area contributed by atoms with E-state index in [9.17, 15) is 0 Å². The van der Waals surface area contributed by atoms with Crippen LogP contribution in [0.1, 0.15) is 74.2 Å². The van der Waals surface area contributed by atoms with E-state index >= 15 is 0 Å². The van der Waals surface area contributed by atoms with Gasteiger partial charge in [-0.15, -0.1) is 34.5 Å². The Kier molecular flexibility index (Phi) is 11.4. The van der Waals surface area contributed by atoms with Gasteiger partial charge in [-0.05, 0) is 58.7 Å². The number of halogens is 2. The molecule has 4 aromatic rings. The Bertz CT molecular complexity index is 1360. The summed E-state index contributed by atoms with van der Waals surface area (Å²) in [6, 6.07) is 20.5. The van der Waals surface area contributed by atoms with Crippen molar-refractivity contribution < 1.29 is 51.0 Å². The normalized spacial score (nSPS) is 16.1. The largest absolute Gasteiger partial charge is 3.00 e. The van der Waals surface area contributed by atoms with Crippen LogP contribution in [0.4, 0.5) is 0 Å². The van der Waals surface area contributed by atoms with Gasteiger partial charge in [0.25, 0.3) is 0 Å². The molecule has 2 aliphatic heterocycles. The van der Waals surface area contributed by atoms with Crippen molar-refractivity contribution in [2.45, 2.75) is 71.5 Å². The summed E-state index contributed by atoms with van der Waals surface area (Å²) < 4.78 is 0. The SMILES string of the molecule is CC1=C2c3cscc3C1[Si]2(C)C.CCCCc1ccc(-c2cccc3[cH-]c(C(C)C)cc23)cc1.[Cl-].[Cl-].[Zr+3]. The molecule has 1 aromatic heterocycles. The first kappa shape index (κ1) is 32.4. The average molecular weight is 644 g/mol. The van der Waals surface area contributed by atoms with Crippen LogP contribution in [0.25, 0.3) is 27.1 Å². The molecule has 0 spiro atoms. The quantitative estimate of drug-likeness (QED) is 0.227. The number of thiophene rings is 1. The zero-order valence-electron chi connectivity index (χ0n) is 22.8. The Morgan fingerprint density at radius 3 is 2.27 bits per heavy atom. The number of rotatable bonds is 5. The molecule has 1 radical (unpaired) electrons. The first-order chi connectivity index (χ1) is 16.3. The average Bonchev–Trinajstić information content (AvgIpc) is 3.55. The summed E-state index contributed by atoms with van der Waals surface area (Å²) in [6.07, 6.45) is 3.72. The zero-order valence-corrected chi connectivity index (χ0v) is 28.6. The topological polar surface area (TPSA) is 0 Å². The van der Waals surface area contributed by atoms with Crippen LogP contribution in [0, 0.1) is 0 Å². The summed E-state index contributed by atoms with van der Waals surface area (Å²) in [5.74, 6) is 0.580. The Labute approximate surface area is 260 Å². The second-order valence-electron chi connectivity index (χ2n) is 11.0. The third-order valence-corrected chi connectivity index (χ3v) is 12.9. The third-order valence-electron chi connectivity index (χ3n) is 7.99. The molecule has 37 heavy (non-hydrogen) atoms. The van der Waals surface area contributed by atoms with Crippen LogP contribution < -0.4 is 24.8 Å². The van der Waals surface area contributed by atoms with Gasteiger partial charge in [-0.1, -0.05) is 87.0 Å². The predicted octanol–water partition coefficient (Wildman–Crippen LogP) is 4.12. The molecule has 7 rings (SSSR count). The number of hydrogen-bond acceptors (Lipinski definition) is 1. The van der Waals surface area contributed by atoms with E-state index in [1.807, 2.05) is 11.3 Å². The molecule has 3 aromatic carbocycles. The van der Waals surface area contributed by atoms with E-state index in [1.54, 1.807) is 21.9 Å². The van der Waals surface area contributed by atoms with Gasteiger partial charge in [-0.2, -0.15) is 17.4 Å². The summed E-state index contributed by atoms with van der Waals surface area (Å²) >= 11 is 1.87. The first-order valence-corrected chi connectivity index (χ1v) is 16.9. The van der Waals surface area contributed by atoms with Gasteiger partial charge in [-0.25, -0.2) is 0 Å². The molecule has 3 heterocycles. The summed E-state index contributed by atoms with van der Waals surface area (Å²) in [6.45, 7) is 14.1. The van der Waals surface area contributed by atoms with Gasteiger partial charge in [0.2, 0.25) is 0 Å². The molecule has 0 saturated heterocycles. The first-order valence-electron chi connectivity index (χ1n) is 12.9. The number of unbranched alkanes of at least 4 members (excludes halogenated alkanes) is 1. The van der Waals surface area contributed by atoms with Crippen molar-refractivity contribution in [2.75, 3.05) is 0 Å². The molecule has 1 atom stereocenters. The monoisotopic (exact) mass is 641 g/mol. The van der Waals surface area contributed by atoms with Crippen LogP contribution in [-0.4, -0.2) is 8.07 Å². The molecule has 3 aliphatic rings. The fourth-order valence-electron chi connectivity index (χ4n) is 6.25. The Morgan fingerprint density at radius 1 is 0.973 bits per heavy atom. The zero-order chi connectivity index (χ0) is 24.0. The molecule has 2 bridgehead atoms. The van der Waals surface area contributed by atoms with E-state index in [4.69, 9.17) is 0 Å². The predicted molar refractivity (Wildman–Crippen MR) is 155 cm³/mol. The Morgan fingerprint density at radius 2 is 1.68 bits per heavy atom. The number of benzene rings is 2. The summed E-state index contributed by atoms with van der Waals surface area (Å²) in [5.41, 5.74) is 11.4. The second kappa shape index (κ2) is 13.0. The molecular weight excluding hydrogens is 607 g/mol. The van der Waals surface area contributed by atoms with Crippen molar-refractivity contribution >= 4 is 35.4 Å². The van der Waals surface area contributed by atoms with Crippen molar-refractivity contribution in [1.29, 1.82) is 0 Å².